The van der Waals surface area contributed by atoms with E-state index in [1.165, 1.54) is 18.2 Å². The maximum absolute atomic E-state index is 13.7. The first-order valence-corrected chi connectivity index (χ1v) is 9.29. The Bertz CT molecular complexity index is 820. The number of benzene rings is 2. The standard InChI is InChI=1S/C22H22F2O4/c1-2-26-21(25)14-20(16-11-17(23)13-18(24)12-16)15-6-8-19(9-7-15)28-22-5-3-4-10-27-22/h6-9,11-14,22H,2-5,10H2,1H3/b20-14+. The highest BCUT2D eigenvalue weighted by molar-refractivity contribution is 5.96. The Morgan fingerprint density at radius 2 is 1.82 bits per heavy atom. The largest absolute Gasteiger partial charge is 0.465 e. The van der Waals surface area contributed by atoms with Crippen molar-refractivity contribution in [3.8, 4) is 5.75 Å². The third-order valence-electron chi connectivity index (χ3n) is 4.29. The van der Waals surface area contributed by atoms with Gasteiger partial charge in [-0.05, 0) is 60.7 Å². The van der Waals surface area contributed by atoms with Crippen LogP contribution in [0.15, 0.2) is 48.5 Å². The minimum atomic E-state index is -0.723. The zero-order chi connectivity index (χ0) is 19.9. The van der Waals surface area contributed by atoms with Crippen LogP contribution in [0.3, 0.4) is 0 Å². The molecule has 1 aliphatic heterocycles. The van der Waals surface area contributed by atoms with Gasteiger partial charge in [-0.1, -0.05) is 12.1 Å². The van der Waals surface area contributed by atoms with Crippen molar-refractivity contribution in [2.24, 2.45) is 0 Å². The lowest BCUT2D eigenvalue weighted by Gasteiger charge is -2.23. The van der Waals surface area contributed by atoms with Crippen molar-refractivity contribution in [2.45, 2.75) is 32.5 Å². The number of carbonyl (C=O) groups is 1. The molecule has 0 radical (unpaired) electrons. The topological polar surface area (TPSA) is 44.8 Å². The molecule has 1 saturated heterocycles. The Kier molecular flexibility index (Phi) is 6.76. The zero-order valence-corrected chi connectivity index (χ0v) is 15.6. The van der Waals surface area contributed by atoms with Crippen LogP contribution in [-0.2, 0) is 14.3 Å². The Morgan fingerprint density at radius 1 is 1.11 bits per heavy atom. The van der Waals surface area contributed by atoms with Gasteiger partial charge in [0.1, 0.15) is 17.4 Å². The van der Waals surface area contributed by atoms with Crippen molar-refractivity contribution in [1.29, 1.82) is 0 Å². The Labute approximate surface area is 162 Å². The molecule has 0 spiro atoms. The summed E-state index contributed by atoms with van der Waals surface area (Å²) in [6.07, 6.45) is 3.88. The van der Waals surface area contributed by atoms with Gasteiger partial charge in [0, 0.05) is 18.6 Å². The maximum Gasteiger partial charge on any atom is 0.331 e. The molecule has 1 heterocycles. The van der Waals surface area contributed by atoms with Crippen LogP contribution in [0.1, 0.15) is 37.3 Å². The zero-order valence-electron chi connectivity index (χ0n) is 15.6. The second-order valence-electron chi connectivity index (χ2n) is 6.41. The molecule has 0 aliphatic carbocycles. The molecule has 6 heteroatoms. The smallest absolute Gasteiger partial charge is 0.331 e. The normalized spacial score (nSPS) is 17.2. The maximum atomic E-state index is 13.7. The Morgan fingerprint density at radius 3 is 2.43 bits per heavy atom. The molecule has 28 heavy (non-hydrogen) atoms. The molecule has 2 aromatic carbocycles. The second kappa shape index (κ2) is 9.46. The van der Waals surface area contributed by atoms with E-state index in [0.717, 1.165) is 25.3 Å². The number of hydrogen-bond donors (Lipinski definition) is 0. The summed E-state index contributed by atoms with van der Waals surface area (Å²) in [5.41, 5.74) is 1.21. The highest BCUT2D eigenvalue weighted by Crippen LogP contribution is 2.28. The summed E-state index contributed by atoms with van der Waals surface area (Å²) in [6.45, 7) is 2.57. The molecular weight excluding hydrogens is 366 g/mol. The van der Waals surface area contributed by atoms with Gasteiger partial charge in [-0.2, -0.15) is 0 Å². The molecule has 2 aromatic rings. The van der Waals surface area contributed by atoms with E-state index in [2.05, 4.69) is 0 Å². The van der Waals surface area contributed by atoms with Gasteiger partial charge in [-0.25, -0.2) is 13.6 Å². The lowest BCUT2D eigenvalue weighted by Crippen LogP contribution is -2.24. The number of halogens is 2. The van der Waals surface area contributed by atoms with Crippen LogP contribution in [0.4, 0.5) is 8.78 Å². The number of hydrogen-bond acceptors (Lipinski definition) is 4. The quantitative estimate of drug-likeness (QED) is 0.523. The van der Waals surface area contributed by atoms with Crippen LogP contribution in [0.2, 0.25) is 0 Å². The summed E-state index contributed by atoms with van der Waals surface area (Å²) in [4.78, 5) is 12.0. The molecular formula is C22H22F2O4. The lowest BCUT2D eigenvalue weighted by molar-refractivity contribution is -0.137. The fraction of sp³-hybridized carbons (Fsp3) is 0.318. The van der Waals surface area contributed by atoms with Gasteiger partial charge >= 0.3 is 5.97 Å². The molecule has 4 nitrogen and oxygen atoms in total. The first-order chi connectivity index (χ1) is 13.5. The molecule has 0 aromatic heterocycles. The summed E-state index contributed by atoms with van der Waals surface area (Å²) < 4.78 is 43.7. The third-order valence-corrected chi connectivity index (χ3v) is 4.29. The first-order valence-electron chi connectivity index (χ1n) is 9.29. The predicted octanol–water partition coefficient (Wildman–Crippen LogP) is 4.87. The first kappa shape index (κ1) is 20.0. The number of carbonyl (C=O) groups excluding carboxylic acids is 1. The van der Waals surface area contributed by atoms with Gasteiger partial charge in [0.2, 0.25) is 0 Å². The number of esters is 1. The molecule has 1 unspecified atom stereocenters. The van der Waals surface area contributed by atoms with Crippen molar-refractivity contribution in [3.63, 3.8) is 0 Å². The van der Waals surface area contributed by atoms with Crippen molar-refractivity contribution < 1.29 is 27.8 Å². The third kappa shape index (κ3) is 5.39. The van der Waals surface area contributed by atoms with E-state index in [4.69, 9.17) is 14.2 Å². The van der Waals surface area contributed by atoms with E-state index >= 15 is 0 Å². The minimum absolute atomic E-state index is 0.203. The molecule has 0 saturated carbocycles. The van der Waals surface area contributed by atoms with Crippen molar-refractivity contribution >= 4 is 11.5 Å². The monoisotopic (exact) mass is 388 g/mol. The number of rotatable bonds is 6. The SMILES string of the molecule is CCOC(=O)/C=C(\c1ccc(OC2CCCCO2)cc1)c1cc(F)cc(F)c1. The van der Waals surface area contributed by atoms with Gasteiger partial charge in [-0.15, -0.1) is 0 Å². The predicted molar refractivity (Wildman–Crippen MR) is 101 cm³/mol. The lowest BCUT2D eigenvalue weighted by atomic mass is 9.97. The van der Waals surface area contributed by atoms with Crippen LogP contribution in [0.25, 0.3) is 5.57 Å². The van der Waals surface area contributed by atoms with E-state index in [-0.39, 0.29) is 18.5 Å². The molecule has 0 bridgehead atoms. The highest BCUT2D eigenvalue weighted by atomic mass is 19.1. The summed E-state index contributed by atoms with van der Waals surface area (Å²) in [5.74, 6) is -1.41. The minimum Gasteiger partial charge on any atom is -0.465 e. The van der Waals surface area contributed by atoms with Crippen molar-refractivity contribution in [1.82, 2.24) is 0 Å². The molecule has 1 aliphatic rings. The number of ether oxygens (including phenoxy) is 3. The van der Waals surface area contributed by atoms with E-state index in [0.29, 0.717) is 23.5 Å². The average molecular weight is 388 g/mol. The fourth-order valence-electron chi connectivity index (χ4n) is 3.01. The van der Waals surface area contributed by atoms with Gasteiger partial charge in [0.15, 0.2) is 6.29 Å². The van der Waals surface area contributed by atoms with Gasteiger partial charge in [-0.3, -0.25) is 0 Å². The summed E-state index contributed by atoms with van der Waals surface area (Å²) in [7, 11) is 0. The summed E-state index contributed by atoms with van der Waals surface area (Å²) in [6, 6.07) is 10.1. The van der Waals surface area contributed by atoms with Gasteiger partial charge < -0.3 is 14.2 Å². The van der Waals surface area contributed by atoms with E-state index < -0.39 is 17.6 Å². The molecule has 0 N–H and O–H groups in total. The molecule has 0 amide bonds. The Hall–Kier alpha value is -2.73. The molecule has 1 atom stereocenters. The van der Waals surface area contributed by atoms with E-state index in [1.807, 2.05) is 0 Å². The van der Waals surface area contributed by atoms with Crippen molar-refractivity contribution in [3.05, 3.63) is 71.3 Å². The fourth-order valence-corrected chi connectivity index (χ4v) is 3.01. The van der Waals surface area contributed by atoms with Crippen LogP contribution < -0.4 is 4.74 Å². The second-order valence-corrected chi connectivity index (χ2v) is 6.41. The Balaban J connectivity index is 1.88. The summed E-state index contributed by atoms with van der Waals surface area (Å²) >= 11 is 0. The average Bonchev–Trinajstić information content (AvgIpc) is 2.67. The molecule has 1 fully saturated rings. The van der Waals surface area contributed by atoms with E-state index in [1.54, 1.807) is 31.2 Å². The van der Waals surface area contributed by atoms with E-state index in [9.17, 15) is 13.6 Å². The van der Waals surface area contributed by atoms with Crippen LogP contribution >= 0.6 is 0 Å². The molecule has 3 rings (SSSR count). The van der Waals surface area contributed by atoms with Crippen LogP contribution in [-0.4, -0.2) is 25.5 Å². The molecule has 148 valence electrons. The highest BCUT2D eigenvalue weighted by Gasteiger charge is 2.16. The van der Waals surface area contributed by atoms with Crippen LogP contribution in [0, 0.1) is 11.6 Å². The van der Waals surface area contributed by atoms with Gasteiger partial charge in [0.25, 0.3) is 0 Å². The van der Waals surface area contributed by atoms with Crippen molar-refractivity contribution in [2.75, 3.05) is 13.2 Å². The van der Waals surface area contributed by atoms with Gasteiger partial charge in [0.05, 0.1) is 13.2 Å². The van der Waals surface area contributed by atoms with Crippen LogP contribution in [0.5, 0.6) is 5.75 Å². The summed E-state index contributed by atoms with van der Waals surface area (Å²) in [5, 5.41) is 0.